The van der Waals surface area contributed by atoms with Crippen molar-refractivity contribution in [2.24, 2.45) is 0 Å². The highest BCUT2D eigenvalue weighted by Gasteiger charge is 2.40. The molecule has 1 aliphatic carbocycles. The first-order valence-corrected chi connectivity index (χ1v) is 12.9. The fourth-order valence-electron chi connectivity index (χ4n) is 4.57. The van der Waals surface area contributed by atoms with Crippen LogP contribution >= 0.6 is 15.9 Å². The zero-order chi connectivity index (χ0) is 25.7. The first-order chi connectivity index (χ1) is 17.4. The molecule has 0 radical (unpaired) electrons. The van der Waals surface area contributed by atoms with E-state index >= 15 is 0 Å². The summed E-state index contributed by atoms with van der Waals surface area (Å²) >= 11 is 3.44. The number of benzene rings is 2. The van der Waals surface area contributed by atoms with Gasteiger partial charge < -0.3 is 9.47 Å². The number of rotatable bonds is 9. The maximum absolute atomic E-state index is 13.2. The summed E-state index contributed by atoms with van der Waals surface area (Å²) in [6, 6.07) is 10.6. The maximum Gasteiger partial charge on any atom is 0.331 e. The van der Waals surface area contributed by atoms with E-state index in [0.717, 1.165) is 41.3 Å². The van der Waals surface area contributed by atoms with Gasteiger partial charge in [0.1, 0.15) is 12.2 Å². The lowest BCUT2D eigenvalue weighted by molar-refractivity contribution is -0.131. The maximum atomic E-state index is 13.2. The second kappa shape index (κ2) is 11.6. The van der Waals surface area contributed by atoms with Crippen LogP contribution in [-0.4, -0.2) is 35.4 Å². The molecule has 188 valence electrons. The van der Waals surface area contributed by atoms with Crippen LogP contribution in [0.2, 0.25) is 0 Å². The molecular weight excluding hydrogens is 524 g/mol. The second-order valence-corrected chi connectivity index (χ2v) is 9.69. The summed E-state index contributed by atoms with van der Waals surface area (Å²) < 4.78 is 13.1. The third-order valence-corrected chi connectivity index (χ3v) is 6.78. The van der Waals surface area contributed by atoms with Crippen molar-refractivity contribution in [3.8, 4) is 11.5 Å². The van der Waals surface area contributed by atoms with E-state index in [-0.39, 0.29) is 11.6 Å². The summed E-state index contributed by atoms with van der Waals surface area (Å²) in [7, 11) is 0. The highest BCUT2D eigenvalue weighted by molar-refractivity contribution is 9.10. The monoisotopic (exact) mass is 552 g/mol. The number of ether oxygens (including phenoxy) is 2. The summed E-state index contributed by atoms with van der Waals surface area (Å²) in [6.45, 7) is 6.48. The molecular formula is C28H29BrN2O5. The number of imide groups is 2. The average molecular weight is 553 g/mol. The molecule has 1 saturated carbocycles. The van der Waals surface area contributed by atoms with Gasteiger partial charge in [-0.05, 0) is 67.7 Å². The van der Waals surface area contributed by atoms with Crippen LogP contribution in [0, 0.1) is 0 Å². The lowest BCUT2D eigenvalue weighted by Crippen LogP contribution is -2.57. The van der Waals surface area contributed by atoms with Gasteiger partial charge in [0, 0.05) is 16.1 Å². The smallest absolute Gasteiger partial charge is 0.331 e. The summed E-state index contributed by atoms with van der Waals surface area (Å²) in [4.78, 5) is 39.5. The standard InChI is InChI=1S/C28H29BrN2O5/c1-3-7-20-14-19(15-23-26(32)30-28(34)31(27(23)33)22-8-5-6-9-22)16-24(35-4-2)25(20)36-17-18-10-12-21(29)13-11-18/h3,10-16,22H,1,4-9,17H2,2H3,(H,30,32,34)/b23-15+. The van der Waals surface area contributed by atoms with Crippen molar-refractivity contribution in [2.75, 3.05) is 6.61 Å². The molecule has 2 aromatic carbocycles. The number of hydrogen-bond acceptors (Lipinski definition) is 5. The van der Waals surface area contributed by atoms with Crippen molar-refractivity contribution in [3.05, 3.63) is 75.8 Å². The quantitative estimate of drug-likeness (QED) is 0.250. The fourth-order valence-corrected chi connectivity index (χ4v) is 4.83. The van der Waals surface area contributed by atoms with E-state index in [0.29, 0.717) is 36.7 Å². The fraction of sp³-hybridized carbons (Fsp3) is 0.321. The lowest BCUT2D eigenvalue weighted by atomic mass is 10.0. The third kappa shape index (κ3) is 5.70. The summed E-state index contributed by atoms with van der Waals surface area (Å²) in [6.07, 6.45) is 7.19. The van der Waals surface area contributed by atoms with Crippen LogP contribution in [0.5, 0.6) is 11.5 Å². The van der Waals surface area contributed by atoms with Crippen molar-refractivity contribution in [1.29, 1.82) is 0 Å². The number of carbonyl (C=O) groups excluding carboxylic acids is 3. The highest BCUT2D eigenvalue weighted by Crippen LogP contribution is 2.36. The van der Waals surface area contributed by atoms with Crippen LogP contribution in [0.3, 0.4) is 0 Å². The first-order valence-electron chi connectivity index (χ1n) is 12.1. The largest absolute Gasteiger partial charge is 0.490 e. The molecule has 7 nitrogen and oxygen atoms in total. The van der Waals surface area contributed by atoms with E-state index in [4.69, 9.17) is 9.47 Å². The second-order valence-electron chi connectivity index (χ2n) is 8.78. The Morgan fingerprint density at radius 2 is 1.83 bits per heavy atom. The Morgan fingerprint density at radius 1 is 1.11 bits per heavy atom. The van der Waals surface area contributed by atoms with Gasteiger partial charge in [-0.1, -0.05) is 47.0 Å². The van der Waals surface area contributed by atoms with Crippen LogP contribution < -0.4 is 14.8 Å². The van der Waals surface area contributed by atoms with E-state index < -0.39 is 17.8 Å². The lowest BCUT2D eigenvalue weighted by Gasteiger charge is -2.31. The Hall–Kier alpha value is -3.39. The summed E-state index contributed by atoms with van der Waals surface area (Å²) in [5, 5.41) is 2.32. The molecule has 36 heavy (non-hydrogen) atoms. The Labute approximate surface area is 219 Å². The molecule has 0 unspecified atom stereocenters. The molecule has 1 saturated heterocycles. The number of barbiturate groups is 1. The molecule has 1 N–H and O–H groups in total. The summed E-state index contributed by atoms with van der Waals surface area (Å²) in [5.74, 6) is -0.162. The predicted octanol–water partition coefficient (Wildman–Crippen LogP) is 5.56. The van der Waals surface area contributed by atoms with E-state index in [1.807, 2.05) is 37.3 Å². The van der Waals surface area contributed by atoms with Crippen molar-refractivity contribution >= 4 is 39.9 Å². The highest BCUT2D eigenvalue weighted by atomic mass is 79.9. The van der Waals surface area contributed by atoms with Crippen molar-refractivity contribution in [2.45, 2.75) is 51.7 Å². The van der Waals surface area contributed by atoms with Crippen LogP contribution in [0.25, 0.3) is 6.08 Å². The van der Waals surface area contributed by atoms with Gasteiger partial charge in [-0.15, -0.1) is 6.58 Å². The number of urea groups is 1. The zero-order valence-electron chi connectivity index (χ0n) is 20.2. The topological polar surface area (TPSA) is 84.9 Å². The number of nitrogens with zero attached hydrogens (tertiary/aromatic N) is 1. The first kappa shape index (κ1) is 25.7. The van der Waals surface area contributed by atoms with Gasteiger partial charge >= 0.3 is 6.03 Å². The predicted molar refractivity (Wildman–Crippen MR) is 141 cm³/mol. The van der Waals surface area contributed by atoms with Crippen molar-refractivity contribution in [1.82, 2.24) is 10.2 Å². The van der Waals surface area contributed by atoms with Gasteiger partial charge in [0.15, 0.2) is 11.5 Å². The van der Waals surface area contributed by atoms with Crippen molar-refractivity contribution in [3.63, 3.8) is 0 Å². The Balaban J connectivity index is 1.68. The minimum Gasteiger partial charge on any atom is -0.490 e. The number of amides is 4. The molecule has 2 fully saturated rings. The van der Waals surface area contributed by atoms with Crippen LogP contribution in [0.15, 0.2) is 59.1 Å². The zero-order valence-corrected chi connectivity index (χ0v) is 21.8. The van der Waals surface area contributed by atoms with E-state index in [2.05, 4.69) is 27.8 Å². The molecule has 1 aliphatic heterocycles. The van der Waals surface area contributed by atoms with Crippen LogP contribution in [0.4, 0.5) is 4.79 Å². The van der Waals surface area contributed by atoms with Gasteiger partial charge in [-0.3, -0.25) is 19.8 Å². The molecule has 0 aromatic heterocycles. The average Bonchev–Trinajstić information content (AvgIpc) is 3.37. The normalized spacial score (nSPS) is 17.4. The Bertz CT molecular complexity index is 1200. The summed E-state index contributed by atoms with van der Waals surface area (Å²) in [5.41, 5.74) is 2.34. The number of halogens is 1. The number of hydrogen-bond donors (Lipinski definition) is 1. The number of carbonyl (C=O) groups is 3. The molecule has 1 heterocycles. The van der Waals surface area contributed by atoms with Gasteiger partial charge in [-0.2, -0.15) is 0 Å². The van der Waals surface area contributed by atoms with Crippen molar-refractivity contribution < 1.29 is 23.9 Å². The van der Waals surface area contributed by atoms with Crippen LogP contribution in [-0.2, 0) is 22.6 Å². The molecule has 4 amide bonds. The number of nitrogens with one attached hydrogen (secondary N) is 1. The molecule has 2 aliphatic rings. The molecule has 2 aromatic rings. The third-order valence-electron chi connectivity index (χ3n) is 6.25. The molecule has 0 atom stereocenters. The molecule has 0 spiro atoms. The van der Waals surface area contributed by atoms with E-state index in [1.165, 1.54) is 11.0 Å². The van der Waals surface area contributed by atoms with Gasteiger partial charge in [0.05, 0.1) is 6.61 Å². The van der Waals surface area contributed by atoms with Crippen LogP contribution in [0.1, 0.15) is 49.3 Å². The molecule has 8 heteroatoms. The minimum absolute atomic E-state index is 0.0722. The van der Waals surface area contributed by atoms with Gasteiger partial charge in [0.2, 0.25) is 0 Å². The van der Waals surface area contributed by atoms with Gasteiger partial charge in [-0.25, -0.2) is 4.79 Å². The molecule has 4 rings (SSSR count). The van der Waals surface area contributed by atoms with E-state index in [1.54, 1.807) is 12.1 Å². The number of allylic oxidation sites excluding steroid dienone is 1. The van der Waals surface area contributed by atoms with E-state index in [9.17, 15) is 14.4 Å². The molecule has 0 bridgehead atoms. The van der Waals surface area contributed by atoms with Gasteiger partial charge in [0.25, 0.3) is 11.8 Å². The SMILES string of the molecule is C=CCc1cc(/C=C2\C(=O)NC(=O)N(C3CCCC3)C2=O)cc(OCC)c1OCc1ccc(Br)cc1. The Kier molecular flexibility index (Phi) is 8.25. The Morgan fingerprint density at radius 3 is 2.50 bits per heavy atom. The minimum atomic E-state index is -0.696.